The Kier molecular flexibility index (Phi) is 2.83. The Bertz CT molecular complexity index is 1180. The Labute approximate surface area is 163 Å². The van der Waals surface area contributed by atoms with Crippen LogP contribution in [0.4, 0.5) is 11.4 Å². The number of nitrogens with two attached hydrogens (primary N) is 2. The molecule has 2 aliphatic rings. The van der Waals surface area contributed by atoms with E-state index in [2.05, 4.69) is 48.5 Å². The first-order valence-electron chi connectivity index (χ1n) is 9.37. The first kappa shape index (κ1) is 15.3. The van der Waals surface area contributed by atoms with Gasteiger partial charge in [0.05, 0.1) is 5.41 Å². The number of fused-ring (bicyclic) bond motifs is 9. The molecule has 1 aliphatic heterocycles. The SMILES string of the molecule is Nc1ccc2c(c1)C1(c3cc(N)ccc3O2)c2ccccc2-c2ccccc21. The fraction of sp³-hybridized carbons (Fsp3) is 0.0400. The average Bonchev–Trinajstić information content (AvgIpc) is 3.01. The molecule has 6 rings (SSSR count). The molecule has 28 heavy (non-hydrogen) atoms. The third-order valence-electron chi connectivity index (χ3n) is 5.99. The first-order valence-corrected chi connectivity index (χ1v) is 9.37. The van der Waals surface area contributed by atoms with E-state index < -0.39 is 5.41 Å². The summed E-state index contributed by atoms with van der Waals surface area (Å²) in [7, 11) is 0. The van der Waals surface area contributed by atoms with Crippen LogP contribution in [0.1, 0.15) is 22.3 Å². The van der Waals surface area contributed by atoms with E-state index in [0.717, 1.165) is 34.0 Å². The van der Waals surface area contributed by atoms with Crippen molar-refractivity contribution < 1.29 is 4.74 Å². The molecule has 0 radical (unpaired) electrons. The van der Waals surface area contributed by atoms with Gasteiger partial charge in [-0.05, 0) is 58.7 Å². The number of hydrogen-bond acceptors (Lipinski definition) is 3. The van der Waals surface area contributed by atoms with E-state index in [1.54, 1.807) is 0 Å². The van der Waals surface area contributed by atoms with Gasteiger partial charge >= 0.3 is 0 Å². The van der Waals surface area contributed by atoms with Gasteiger partial charge in [0.25, 0.3) is 0 Å². The Morgan fingerprint density at radius 1 is 0.536 bits per heavy atom. The van der Waals surface area contributed by atoms with Crippen molar-refractivity contribution in [3.63, 3.8) is 0 Å². The summed E-state index contributed by atoms with van der Waals surface area (Å²) in [6.07, 6.45) is 0. The minimum atomic E-state index is -0.499. The highest BCUT2D eigenvalue weighted by Crippen LogP contribution is 2.62. The quantitative estimate of drug-likeness (QED) is 0.360. The van der Waals surface area contributed by atoms with E-state index in [-0.39, 0.29) is 0 Å². The molecule has 0 atom stereocenters. The van der Waals surface area contributed by atoms with Gasteiger partial charge in [0.2, 0.25) is 0 Å². The van der Waals surface area contributed by atoms with Gasteiger partial charge in [0.1, 0.15) is 11.5 Å². The van der Waals surface area contributed by atoms with Crippen molar-refractivity contribution in [1.29, 1.82) is 0 Å². The second-order valence-electron chi connectivity index (χ2n) is 7.45. The zero-order valence-electron chi connectivity index (χ0n) is 15.1. The second-order valence-corrected chi connectivity index (χ2v) is 7.45. The topological polar surface area (TPSA) is 61.3 Å². The molecule has 0 unspecified atom stereocenters. The van der Waals surface area contributed by atoms with Crippen LogP contribution in [0.2, 0.25) is 0 Å². The number of ether oxygens (including phenoxy) is 1. The average molecular weight is 362 g/mol. The lowest BCUT2D eigenvalue weighted by molar-refractivity contribution is 0.436. The lowest BCUT2D eigenvalue weighted by Crippen LogP contribution is -2.32. The molecular formula is C25H18N2O. The van der Waals surface area contributed by atoms with Crippen molar-refractivity contribution in [3.8, 4) is 22.6 Å². The number of anilines is 2. The van der Waals surface area contributed by atoms with E-state index in [0.29, 0.717) is 0 Å². The van der Waals surface area contributed by atoms with Crippen LogP contribution < -0.4 is 16.2 Å². The highest BCUT2D eigenvalue weighted by Gasteiger charge is 2.51. The summed E-state index contributed by atoms with van der Waals surface area (Å²) in [6, 6.07) is 29.0. The lowest BCUT2D eigenvalue weighted by atomic mass is 9.66. The van der Waals surface area contributed by atoms with E-state index in [1.807, 2.05) is 36.4 Å². The molecule has 4 N–H and O–H groups in total. The zero-order chi connectivity index (χ0) is 18.9. The van der Waals surface area contributed by atoms with Gasteiger partial charge in [0, 0.05) is 22.5 Å². The van der Waals surface area contributed by atoms with Crippen LogP contribution in [0.3, 0.4) is 0 Å². The van der Waals surface area contributed by atoms with Crippen molar-refractivity contribution in [2.24, 2.45) is 0 Å². The van der Waals surface area contributed by atoms with Gasteiger partial charge in [-0.2, -0.15) is 0 Å². The molecular weight excluding hydrogens is 344 g/mol. The molecule has 0 amide bonds. The monoisotopic (exact) mass is 362 g/mol. The standard InChI is InChI=1S/C25H18N2O/c26-15-9-11-23-21(13-15)25(22-14-16(27)10-12-24(22)28-23)19-7-3-1-5-17(19)18-6-2-4-8-20(18)25/h1-14H,26-27H2. The molecule has 1 heterocycles. The maximum Gasteiger partial charge on any atom is 0.132 e. The molecule has 1 aliphatic carbocycles. The maximum atomic E-state index is 6.29. The van der Waals surface area contributed by atoms with Crippen LogP contribution in [0.5, 0.6) is 11.5 Å². The molecule has 3 nitrogen and oxygen atoms in total. The summed E-state index contributed by atoms with van der Waals surface area (Å²) >= 11 is 0. The number of hydrogen-bond donors (Lipinski definition) is 2. The first-order chi connectivity index (χ1) is 13.7. The predicted molar refractivity (Wildman–Crippen MR) is 113 cm³/mol. The Balaban J connectivity index is 1.86. The molecule has 4 aromatic carbocycles. The Morgan fingerprint density at radius 2 is 1.00 bits per heavy atom. The molecule has 0 fully saturated rings. The number of nitrogen functional groups attached to an aromatic ring is 2. The van der Waals surface area contributed by atoms with Crippen molar-refractivity contribution >= 4 is 11.4 Å². The van der Waals surface area contributed by atoms with Crippen molar-refractivity contribution in [2.75, 3.05) is 11.5 Å². The maximum absolute atomic E-state index is 6.29. The molecule has 3 heteroatoms. The molecule has 0 saturated carbocycles. The van der Waals surface area contributed by atoms with Crippen LogP contribution in [-0.4, -0.2) is 0 Å². The zero-order valence-corrected chi connectivity index (χ0v) is 15.1. The van der Waals surface area contributed by atoms with Gasteiger partial charge in [-0.25, -0.2) is 0 Å². The van der Waals surface area contributed by atoms with Gasteiger partial charge in [-0.3, -0.25) is 0 Å². The fourth-order valence-corrected chi connectivity index (χ4v) is 4.94. The van der Waals surface area contributed by atoms with E-state index in [1.165, 1.54) is 22.3 Å². The van der Waals surface area contributed by atoms with E-state index in [9.17, 15) is 0 Å². The normalized spacial score (nSPS) is 14.6. The molecule has 1 spiro atoms. The summed E-state index contributed by atoms with van der Waals surface area (Å²) < 4.78 is 6.29. The second kappa shape index (κ2) is 5.17. The summed E-state index contributed by atoms with van der Waals surface area (Å²) in [4.78, 5) is 0. The summed E-state index contributed by atoms with van der Waals surface area (Å²) in [5, 5.41) is 0. The minimum Gasteiger partial charge on any atom is -0.457 e. The van der Waals surface area contributed by atoms with Crippen molar-refractivity contribution in [2.45, 2.75) is 5.41 Å². The molecule has 134 valence electrons. The van der Waals surface area contributed by atoms with Crippen LogP contribution in [0.25, 0.3) is 11.1 Å². The molecule has 0 aromatic heterocycles. The fourth-order valence-electron chi connectivity index (χ4n) is 4.94. The molecule has 0 saturated heterocycles. The summed E-state index contributed by atoms with van der Waals surface area (Å²) in [5.41, 5.74) is 20.5. The van der Waals surface area contributed by atoms with E-state index in [4.69, 9.17) is 16.2 Å². The van der Waals surface area contributed by atoms with E-state index >= 15 is 0 Å². The van der Waals surface area contributed by atoms with Gasteiger partial charge in [-0.1, -0.05) is 48.5 Å². The highest BCUT2D eigenvalue weighted by molar-refractivity contribution is 5.89. The summed E-state index contributed by atoms with van der Waals surface area (Å²) in [5.74, 6) is 1.66. The molecule has 4 aromatic rings. The number of benzene rings is 4. The highest BCUT2D eigenvalue weighted by atomic mass is 16.5. The van der Waals surface area contributed by atoms with Crippen LogP contribution in [0, 0.1) is 0 Å². The lowest BCUT2D eigenvalue weighted by Gasteiger charge is -2.39. The van der Waals surface area contributed by atoms with Gasteiger partial charge in [0.15, 0.2) is 0 Å². The van der Waals surface area contributed by atoms with Crippen molar-refractivity contribution in [1.82, 2.24) is 0 Å². The van der Waals surface area contributed by atoms with Crippen LogP contribution in [0.15, 0.2) is 84.9 Å². The number of rotatable bonds is 0. The third kappa shape index (κ3) is 1.73. The smallest absolute Gasteiger partial charge is 0.132 e. The van der Waals surface area contributed by atoms with Crippen molar-refractivity contribution in [3.05, 3.63) is 107 Å². The minimum absolute atomic E-state index is 0.499. The largest absolute Gasteiger partial charge is 0.457 e. The molecule has 0 bridgehead atoms. The van der Waals surface area contributed by atoms with Gasteiger partial charge in [-0.15, -0.1) is 0 Å². The Hall–Kier alpha value is -3.72. The van der Waals surface area contributed by atoms with Gasteiger partial charge < -0.3 is 16.2 Å². The Morgan fingerprint density at radius 3 is 1.50 bits per heavy atom. The predicted octanol–water partition coefficient (Wildman–Crippen LogP) is 5.32. The van der Waals surface area contributed by atoms with Crippen LogP contribution >= 0.6 is 0 Å². The van der Waals surface area contributed by atoms with Crippen LogP contribution in [-0.2, 0) is 5.41 Å². The summed E-state index contributed by atoms with van der Waals surface area (Å²) in [6.45, 7) is 0. The third-order valence-corrected chi connectivity index (χ3v) is 5.99.